The molecule has 1 aromatic heterocycles. The third kappa shape index (κ3) is 3.18. The molecule has 4 atom stereocenters. The van der Waals surface area contributed by atoms with Crippen LogP contribution in [0.3, 0.4) is 0 Å². The summed E-state index contributed by atoms with van der Waals surface area (Å²) in [7, 11) is 0. The number of nitrogens with zero attached hydrogens (tertiary/aromatic N) is 2. The van der Waals surface area contributed by atoms with Crippen LogP contribution in [-0.4, -0.2) is 27.7 Å². The van der Waals surface area contributed by atoms with Crippen molar-refractivity contribution < 1.29 is 5.11 Å². The van der Waals surface area contributed by atoms with Crippen LogP contribution in [0.2, 0.25) is 0 Å². The van der Waals surface area contributed by atoms with Crippen molar-refractivity contribution in [1.82, 2.24) is 9.47 Å². The van der Waals surface area contributed by atoms with Crippen molar-refractivity contribution in [1.29, 1.82) is 0 Å². The predicted octanol–water partition coefficient (Wildman–Crippen LogP) is 3.39. The second-order valence-electron chi connectivity index (χ2n) is 7.46. The first kappa shape index (κ1) is 16.6. The van der Waals surface area contributed by atoms with E-state index >= 15 is 0 Å². The SMILES string of the molecule is CCN(CC)Cc1cc(=O)c(O)cn1C(C)C1CC2CCC1C2. The lowest BCUT2D eigenvalue weighted by Crippen LogP contribution is -2.29. The van der Waals surface area contributed by atoms with Gasteiger partial charge in [0.2, 0.25) is 5.43 Å². The van der Waals surface area contributed by atoms with Gasteiger partial charge in [-0.3, -0.25) is 9.69 Å². The zero-order valence-electron chi connectivity index (χ0n) is 14.7. The fourth-order valence-corrected chi connectivity index (χ4v) is 4.85. The Bertz CT molecular complexity index is 606. The molecular formula is C19H30N2O2. The van der Waals surface area contributed by atoms with Gasteiger partial charge in [0.05, 0.1) is 6.20 Å². The van der Waals surface area contributed by atoms with Crippen LogP contribution in [0.25, 0.3) is 0 Å². The molecule has 0 saturated heterocycles. The topological polar surface area (TPSA) is 45.5 Å². The van der Waals surface area contributed by atoms with Crippen LogP contribution >= 0.6 is 0 Å². The Morgan fingerprint density at radius 1 is 1.30 bits per heavy atom. The second-order valence-corrected chi connectivity index (χ2v) is 7.46. The third-order valence-electron chi connectivity index (χ3n) is 6.27. The summed E-state index contributed by atoms with van der Waals surface area (Å²) in [6.45, 7) is 9.26. The molecule has 2 aliphatic carbocycles. The van der Waals surface area contributed by atoms with Gasteiger partial charge in [-0.05, 0) is 57.0 Å². The molecule has 4 unspecified atom stereocenters. The Morgan fingerprint density at radius 2 is 2.04 bits per heavy atom. The van der Waals surface area contributed by atoms with Gasteiger partial charge in [0, 0.05) is 24.3 Å². The van der Waals surface area contributed by atoms with Crippen molar-refractivity contribution in [2.45, 2.75) is 59.0 Å². The van der Waals surface area contributed by atoms with Crippen molar-refractivity contribution in [3.8, 4) is 5.75 Å². The van der Waals surface area contributed by atoms with E-state index in [-0.39, 0.29) is 11.2 Å². The molecule has 0 amide bonds. The lowest BCUT2D eigenvalue weighted by Gasteiger charge is -2.32. The third-order valence-corrected chi connectivity index (χ3v) is 6.27. The van der Waals surface area contributed by atoms with E-state index in [0.717, 1.165) is 37.2 Å². The van der Waals surface area contributed by atoms with Gasteiger partial charge in [0.1, 0.15) is 0 Å². The van der Waals surface area contributed by atoms with E-state index in [1.165, 1.54) is 25.7 Å². The Kier molecular flexibility index (Phi) is 4.81. The summed E-state index contributed by atoms with van der Waals surface area (Å²) in [5, 5.41) is 9.95. The van der Waals surface area contributed by atoms with Crippen molar-refractivity contribution >= 4 is 0 Å². The van der Waals surface area contributed by atoms with E-state index in [0.29, 0.717) is 12.0 Å². The molecule has 23 heavy (non-hydrogen) atoms. The van der Waals surface area contributed by atoms with E-state index in [9.17, 15) is 9.90 Å². The Hall–Kier alpha value is -1.29. The van der Waals surface area contributed by atoms with Gasteiger partial charge >= 0.3 is 0 Å². The summed E-state index contributed by atoms with van der Waals surface area (Å²) in [6.07, 6.45) is 7.13. The molecule has 0 aliphatic heterocycles. The monoisotopic (exact) mass is 318 g/mol. The van der Waals surface area contributed by atoms with E-state index in [2.05, 4.69) is 30.2 Å². The molecule has 0 radical (unpaired) electrons. The van der Waals surface area contributed by atoms with Crippen LogP contribution in [0.15, 0.2) is 17.1 Å². The predicted molar refractivity (Wildman–Crippen MR) is 92.6 cm³/mol. The molecule has 2 bridgehead atoms. The summed E-state index contributed by atoms with van der Waals surface area (Å²) in [5.74, 6) is 2.30. The van der Waals surface area contributed by atoms with Crippen LogP contribution in [0, 0.1) is 17.8 Å². The summed E-state index contributed by atoms with van der Waals surface area (Å²) in [5.41, 5.74) is 0.773. The van der Waals surface area contributed by atoms with Gasteiger partial charge in [-0.2, -0.15) is 0 Å². The lowest BCUT2D eigenvalue weighted by atomic mass is 9.83. The smallest absolute Gasteiger partial charge is 0.223 e. The highest BCUT2D eigenvalue weighted by molar-refractivity contribution is 5.21. The summed E-state index contributed by atoms with van der Waals surface area (Å²) in [4.78, 5) is 14.3. The number of pyridine rings is 1. The first-order chi connectivity index (χ1) is 11.0. The highest BCUT2D eigenvalue weighted by Gasteiger charge is 2.42. The van der Waals surface area contributed by atoms with Crippen LogP contribution in [0.1, 0.15) is 58.2 Å². The van der Waals surface area contributed by atoms with E-state index in [1.807, 2.05) is 0 Å². The van der Waals surface area contributed by atoms with Crippen molar-refractivity contribution in [2.24, 2.45) is 17.8 Å². The number of hydrogen-bond acceptors (Lipinski definition) is 3. The molecule has 4 heteroatoms. The number of aromatic hydroxyl groups is 1. The highest BCUT2D eigenvalue weighted by atomic mass is 16.3. The standard InChI is InChI=1S/C19H30N2O2/c1-4-20(5-2)11-16-10-18(22)19(23)12-21(16)13(3)17-9-14-6-7-15(17)8-14/h10,12-15,17,23H,4-9,11H2,1-3H3. The minimum absolute atomic E-state index is 0.122. The van der Waals surface area contributed by atoms with Crippen molar-refractivity contribution in [2.75, 3.05) is 13.1 Å². The maximum atomic E-state index is 11.9. The Morgan fingerprint density at radius 3 is 2.61 bits per heavy atom. The van der Waals surface area contributed by atoms with E-state index < -0.39 is 0 Å². The minimum Gasteiger partial charge on any atom is -0.503 e. The minimum atomic E-state index is -0.261. The van der Waals surface area contributed by atoms with E-state index in [1.54, 1.807) is 12.3 Å². The second kappa shape index (κ2) is 6.68. The van der Waals surface area contributed by atoms with E-state index in [4.69, 9.17) is 0 Å². The molecule has 0 spiro atoms. The van der Waals surface area contributed by atoms with Gasteiger partial charge in [0.15, 0.2) is 5.75 Å². The fourth-order valence-electron chi connectivity index (χ4n) is 4.85. The average molecular weight is 318 g/mol. The number of fused-ring (bicyclic) bond motifs is 2. The quantitative estimate of drug-likeness (QED) is 0.874. The molecule has 2 aliphatic rings. The average Bonchev–Trinajstić information content (AvgIpc) is 3.17. The molecule has 2 fully saturated rings. The van der Waals surface area contributed by atoms with Crippen LogP contribution < -0.4 is 5.43 Å². The first-order valence-electron chi connectivity index (χ1n) is 9.19. The summed E-state index contributed by atoms with van der Waals surface area (Å²) in [6, 6.07) is 1.99. The largest absolute Gasteiger partial charge is 0.503 e. The van der Waals surface area contributed by atoms with Gasteiger partial charge in [-0.15, -0.1) is 0 Å². The van der Waals surface area contributed by atoms with Gasteiger partial charge < -0.3 is 9.67 Å². The number of aromatic nitrogens is 1. The summed E-state index contributed by atoms with van der Waals surface area (Å²) >= 11 is 0. The molecule has 3 rings (SSSR count). The summed E-state index contributed by atoms with van der Waals surface area (Å²) < 4.78 is 2.18. The van der Waals surface area contributed by atoms with Crippen molar-refractivity contribution in [3.05, 3.63) is 28.2 Å². The molecule has 1 N–H and O–H groups in total. The Labute approximate surface area is 139 Å². The first-order valence-corrected chi connectivity index (χ1v) is 9.19. The molecule has 2 saturated carbocycles. The maximum absolute atomic E-state index is 11.9. The zero-order valence-corrected chi connectivity index (χ0v) is 14.7. The molecule has 0 aromatic carbocycles. The normalized spacial score (nSPS) is 27.7. The lowest BCUT2D eigenvalue weighted by molar-refractivity contribution is 0.225. The molecule has 4 nitrogen and oxygen atoms in total. The number of rotatable bonds is 6. The molecule has 128 valence electrons. The van der Waals surface area contributed by atoms with Crippen LogP contribution in [0.5, 0.6) is 5.75 Å². The Balaban J connectivity index is 1.90. The fraction of sp³-hybridized carbons (Fsp3) is 0.737. The molecule has 1 aromatic rings. The van der Waals surface area contributed by atoms with Gasteiger partial charge in [0.25, 0.3) is 0 Å². The molecular weight excluding hydrogens is 288 g/mol. The highest BCUT2D eigenvalue weighted by Crippen LogP contribution is 2.52. The van der Waals surface area contributed by atoms with Crippen LogP contribution in [0.4, 0.5) is 0 Å². The van der Waals surface area contributed by atoms with Crippen LogP contribution in [-0.2, 0) is 6.54 Å². The van der Waals surface area contributed by atoms with Gasteiger partial charge in [-0.1, -0.05) is 20.3 Å². The van der Waals surface area contributed by atoms with Crippen molar-refractivity contribution in [3.63, 3.8) is 0 Å². The molecule has 1 heterocycles. The van der Waals surface area contributed by atoms with Gasteiger partial charge in [-0.25, -0.2) is 0 Å². The maximum Gasteiger partial charge on any atom is 0.223 e. The zero-order chi connectivity index (χ0) is 16.6. The number of hydrogen-bond donors (Lipinski definition) is 1.